The molecule has 3 aromatic carbocycles. The number of carbonyl (C=O) groups is 1. The molecule has 2 heterocycles. The van der Waals surface area contributed by atoms with Crippen LogP contribution in [0.5, 0.6) is 5.88 Å². The van der Waals surface area contributed by atoms with Crippen molar-refractivity contribution in [2.45, 2.75) is 13.8 Å². The Morgan fingerprint density at radius 3 is 2.38 bits per heavy atom. The summed E-state index contributed by atoms with van der Waals surface area (Å²) in [5.74, 6) is 0.132. The first-order valence-corrected chi connectivity index (χ1v) is 11.1. The minimum Gasteiger partial charge on any atom is -0.467 e. The molecule has 0 spiro atoms. The standard InChI is InChI=1S/C28H24N4O2/c1-19-10-9-13-22(16-19)29-24(33)18-34-25-17-20(2)26-27(21-11-5-3-6-12-21)31-32(28(26)30-25)23-14-7-4-8-15-23/h3-17H,18H2,1-2H3,(H,29,33). The molecule has 0 saturated heterocycles. The Hall–Kier alpha value is -4.45. The maximum Gasteiger partial charge on any atom is 0.262 e. The number of anilines is 1. The minimum atomic E-state index is -0.244. The molecule has 5 rings (SSSR count). The molecule has 0 unspecified atom stereocenters. The van der Waals surface area contributed by atoms with Gasteiger partial charge in [-0.05, 0) is 49.2 Å². The number of aryl methyl sites for hydroxylation is 2. The number of fused-ring (bicyclic) bond motifs is 1. The van der Waals surface area contributed by atoms with Gasteiger partial charge in [-0.1, -0.05) is 60.7 Å². The van der Waals surface area contributed by atoms with Gasteiger partial charge in [0.1, 0.15) is 5.69 Å². The van der Waals surface area contributed by atoms with Crippen LogP contribution < -0.4 is 10.1 Å². The van der Waals surface area contributed by atoms with E-state index in [0.29, 0.717) is 11.5 Å². The molecule has 0 fully saturated rings. The molecule has 1 amide bonds. The Bertz CT molecular complexity index is 1460. The van der Waals surface area contributed by atoms with Crippen molar-refractivity contribution in [3.63, 3.8) is 0 Å². The molecule has 34 heavy (non-hydrogen) atoms. The van der Waals surface area contributed by atoms with Crippen molar-refractivity contribution >= 4 is 22.6 Å². The number of hydrogen-bond acceptors (Lipinski definition) is 4. The lowest BCUT2D eigenvalue weighted by atomic mass is 10.1. The van der Waals surface area contributed by atoms with Crippen LogP contribution in [0.25, 0.3) is 28.0 Å². The van der Waals surface area contributed by atoms with Gasteiger partial charge < -0.3 is 10.1 Å². The maximum atomic E-state index is 12.4. The molecular formula is C28H24N4O2. The Labute approximate surface area is 197 Å². The van der Waals surface area contributed by atoms with E-state index in [1.165, 1.54) is 0 Å². The molecule has 2 aromatic heterocycles. The number of rotatable bonds is 6. The molecular weight excluding hydrogens is 424 g/mol. The highest BCUT2D eigenvalue weighted by Crippen LogP contribution is 2.33. The molecule has 0 aliphatic rings. The normalized spacial score (nSPS) is 10.9. The van der Waals surface area contributed by atoms with E-state index in [1.807, 2.05) is 110 Å². The number of ether oxygens (including phenoxy) is 1. The fourth-order valence-corrected chi connectivity index (χ4v) is 3.95. The van der Waals surface area contributed by atoms with Gasteiger partial charge in [0.15, 0.2) is 12.3 Å². The number of carbonyl (C=O) groups excluding carboxylic acids is 1. The Morgan fingerprint density at radius 2 is 1.65 bits per heavy atom. The number of para-hydroxylation sites is 1. The zero-order valence-corrected chi connectivity index (χ0v) is 19.0. The Morgan fingerprint density at radius 1 is 0.912 bits per heavy atom. The van der Waals surface area contributed by atoms with Crippen molar-refractivity contribution in [3.8, 4) is 22.8 Å². The smallest absolute Gasteiger partial charge is 0.262 e. The monoisotopic (exact) mass is 448 g/mol. The van der Waals surface area contributed by atoms with Gasteiger partial charge in [-0.3, -0.25) is 4.79 Å². The lowest BCUT2D eigenvalue weighted by molar-refractivity contribution is -0.118. The Kier molecular flexibility index (Phi) is 5.79. The van der Waals surface area contributed by atoms with Gasteiger partial charge in [0.2, 0.25) is 5.88 Å². The van der Waals surface area contributed by atoms with Gasteiger partial charge in [0, 0.05) is 17.3 Å². The molecule has 0 aliphatic carbocycles. The van der Waals surface area contributed by atoms with E-state index >= 15 is 0 Å². The van der Waals surface area contributed by atoms with E-state index in [2.05, 4.69) is 5.32 Å². The number of benzene rings is 3. The predicted octanol–water partition coefficient (Wildman–Crippen LogP) is 5.72. The van der Waals surface area contributed by atoms with Crippen LogP contribution in [0.4, 0.5) is 5.69 Å². The van der Waals surface area contributed by atoms with Crippen LogP contribution in [0.3, 0.4) is 0 Å². The lowest BCUT2D eigenvalue weighted by Gasteiger charge is -2.09. The molecule has 0 atom stereocenters. The molecule has 1 N–H and O–H groups in total. The molecule has 0 saturated carbocycles. The summed E-state index contributed by atoms with van der Waals surface area (Å²) in [5, 5.41) is 8.72. The van der Waals surface area contributed by atoms with Crippen LogP contribution in [-0.4, -0.2) is 27.3 Å². The second-order valence-corrected chi connectivity index (χ2v) is 8.14. The summed E-state index contributed by atoms with van der Waals surface area (Å²) in [7, 11) is 0. The summed E-state index contributed by atoms with van der Waals surface area (Å²) in [4.78, 5) is 17.2. The lowest BCUT2D eigenvalue weighted by Crippen LogP contribution is -2.20. The zero-order chi connectivity index (χ0) is 23.5. The Balaban J connectivity index is 1.49. The van der Waals surface area contributed by atoms with Gasteiger partial charge in [-0.15, -0.1) is 0 Å². The number of hydrogen-bond donors (Lipinski definition) is 1. The molecule has 0 bridgehead atoms. The van der Waals surface area contributed by atoms with Crippen LogP contribution in [0, 0.1) is 13.8 Å². The molecule has 6 nitrogen and oxygen atoms in total. The SMILES string of the molecule is Cc1cccc(NC(=O)COc2cc(C)c3c(-c4ccccc4)nn(-c4ccccc4)c3n2)c1. The summed E-state index contributed by atoms with van der Waals surface area (Å²) in [6.45, 7) is 3.84. The summed E-state index contributed by atoms with van der Waals surface area (Å²) in [6.07, 6.45) is 0. The number of nitrogens with zero attached hydrogens (tertiary/aromatic N) is 3. The van der Waals surface area contributed by atoms with E-state index in [1.54, 1.807) is 0 Å². The van der Waals surface area contributed by atoms with Gasteiger partial charge in [-0.25, -0.2) is 4.68 Å². The van der Waals surface area contributed by atoms with Crippen LogP contribution in [0.2, 0.25) is 0 Å². The highest BCUT2D eigenvalue weighted by Gasteiger charge is 2.19. The highest BCUT2D eigenvalue weighted by atomic mass is 16.5. The molecule has 168 valence electrons. The van der Waals surface area contributed by atoms with Crippen LogP contribution in [-0.2, 0) is 4.79 Å². The number of nitrogens with one attached hydrogen (secondary N) is 1. The van der Waals surface area contributed by atoms with Crippen molar-refractivity contribution in [3.05, 3.63) is 102 Å². The molecule has 5 aromatic rings. The van der Waals surface area contributed by atoms with E-state index < -0.39 is 0 Å². The third kappa shape index (κ3) is 4.38. The summed E-state index contributed by atoms with van der Waals surface area (Å²) < 4.78 is 7.62. The minimum absolute atomic E-state index is 0.142. The maximum absolute atomic E-state index is 12.4. The molecule has 0 radical (unpaired) electrons. The van der Waals surface area contributed by atoms with Crippen molar-refractivity contribution in [2.75, 3.05) is 11.9 Å². The van der Waals surface area contributed by atoms with Crippen LogP contribution in [0.15, 0.2) is 91.0 Å². The van der Waals surface area contributed by atoms with Crippen LogP contribution in [0.1, 0.15) is 11.1 Å². The molecule has 6 heteroatoms. The first kappa shape index (κ1) is 21.4. The predicted molar refractivity (Wildman–Crippen MR) is 134 cm³/mol. The first-order chi connectivity index (χ1) is 16.6. The average molecular weight is 449 g/mol. The summed E-state index contributed by atoms with van der Waals surface area (Å²) >= 11 is 0. The second kappa shape index (κ2) is 9.19. The second-order valence-electron chi connectivity index (χ2n) is 8.14. The van der Waals surface area contributed by atoms with Gasteiger partial charge in [0.25, 0.3) is 5.91 Å². The van der Waals surface area contributed by atoms with E-state index in [9.17, 15) is 4.79 Å². The number of aromatic nitrogens is 3. The van der Waals surface area contributed by atoms with Gasteiger partial charge in [-0.2, -0.15) is 10.1 Å². The first-order valence-electron chi connectivity index (χ1n) is 11.1. The third-order valence-corrected chi connectivity index (χ3v) is 5.51. The quantitative estimate of drug-likeness (QED) is 0.361. The van der Waals surface area contributed by atoms with E-state index in [4.69, 9.17) is 14.8 Å². The number of amides is 1. The molecule has 0 aliphatic heterocycles. The van der Waals surface area contributed by atoms with Crippen molar-refractivity contribution < 1.29 is 9.53 Å². The van der Waals surface area contributed by atoms with E-state index in [-0.39, 0.29) is 12.5 Å². The largest absolute Gasteiger partial charge is 0.467 e. The van der Waals surface area contributed by atoms with Crippen LogP contribution >= 0.6 is 0 Å². The number of pyridine rings is 1. The van der Waals surface area contributed by atoms with Gasteiger partial charge >= 0.3 is 0 Å². The van der Waals surface area contributed by atoms with E-state index in [0.717, 1.165) is 39.1 Å². The van der Waals surface area contributed by atoms with Crippen molar-refractivity contribution in [1.29, 1.82) is 0 Å². The average Bonchev–Trinajstić information content (AvgIpc) is 3.24. The third-order valence-electron chi connectivity index (χ3n) is 5.51. The fraction of sp³-hybridized carbons (Fsp3) is 0.107. The highest BCUT2D eigenvalue weighted by molar-refractivity contribution is 5.95. The summed E-state index contributed by atoms with van der Waals surface area (Å²) in [5.41, 5.74) is 6.23. The van der Waals surface area contributed by atoms with Crippen molar-refractivity contribution in [2.24, 2.45) is 0 Å². The zero-order valence-electron chi connectivity index (χ0n) is 19.0. The summed E-state index contributed by atoms with van der Waals surface area (Å²) in [6, 6.07) is 29.4. The van der Waals surface area contributed by atoms with Crippen molar-refractivity contribution in [1.82, 2.24) is 14.8 Å². The fourth-order valence-electron chi connectivity index (χ4n) is 3.95. The topological polar surface area (TPSA) is 69.0 Å². The van der Waals surface area contributed by atoms with Gasteiger partial charge in [0.05, 0.1) is 11.1 Å².